The number of methoxy groups -OCH3 is 1. The average molecular weight is 243 g/mol. The number of nitrogens with one attached hydrogen (secondary N) is 1. The highest BCUT2D eigenvalue weighted by molar-refractivity contribution is 5.90. The van der Waals surface area contributed by atoms with Crippen LogP contribution in [0.3, 0.4) is 0 Å². The number of carbonyl (C=O) groups excluding carboxylic acids is 2. The standard InChI is InChI=1S/C12H21NO4/c1-7-8(2)12(7,9(14)16-6)13-10(15)17-11(3,4)5/h7-8H,1-6H3,(H,13,15)/t7-,8-/m1/s1. The third-order valence-corrected chi connectivity index (χ3v) is 3.31. The number of esters is 1. The van der Waals surface area contributed by atoms with Gasteiger partial charge in [-0.15, -0.1) is 0 Å². The van der Waals surface area contributed by atoms with Crippen LogP contribution in [0.25, 0.3) is 0 Å². The van der Waals surface area contributed by atoms with E-state index in [0.717, 1.165) is 0 Å². The second-order valence-electron chi connectivity index (χ2n) is 5.56. The van der Waals surface area contributed by atoms with Crippen LogP contribution in [0.4, 0.5) is 4.79 Å². The maximum absolute atomic E-state index is 11.7. The van der Waals surface area contributed by atoms with Crippen LogP contribution in [0.15, 0.2) is 0 Å². The Morgan fingerprint density at radius 2 is 1.65 bits per heavy atom. The van der Waals surface area contributed by atoms with Crippen LogP contribution in [0.1, 0.15) is 34.6 Å². The SMILES string of the molecule is COC(=O)C1(NC(=O)OC(C)(C)C)[C@H](C)[C@H]1C. The summed E-state index contributed by atoms with van der Waals surface area (Å²) in [6.07, 6.45) is -0.584. The first-order valence-corrected chi connectivity index (χ1v) is 5.74. The van der Waals surface area contributed by atoms with E-state index in [2.05, 4.69) is 5.32 Å². The molecule has 5 heteroatoms. The van der Waals surface area contributed by atoms with Gasteiger partial charge in [0.1, 0.15) is 11.1 Å². The second-order valence-corrected chi connectivity index (χ2v) is 5.56. The van der Waals surface area contributed by atoms with Gasteiger partial charge in [0.2, 0.25) is 0 Å². The average Bonchev–Trinajstić information content (AvgIpc) is 2.67. The third-order valence-electron chi connectivity index (χ3n) is 3.31. The summed E-state index contributed by atoms with van der Waals surface area (Å²) in [6.45, 7) is 9.13. The number of alkyl carbamates (subject to hydrolysis) is 1. The Labute approximate surface area is 102 Å². The lowest BCUT2D eigenvalue weighted by atomic mass is 10.2. The molecule has 0 heterocycles. The number of amides is 1. The van der Waals surface area contributed by atoms with Gasteiger partial charge in [-0.3, -0.25) is 0 Å². The van der Waals surface area contributed by atoms with E-state index >= 15 is 0 Å². The van der Waals surface area contributed by atoms with Crippen LogP contribution in [-0.2, 0) is 14.3 Å². The number of rotatable bonds is 2. The zero-order chi connectivity index (χ0) is 13.4. The van der Waals surface area contributed by atoms with Gasteiger partial charge in [-0.25, -0.2) is 9.59 Å². The van der Waals surface area contributed by atoms with Crippen molar-refractivity contribution in [3.63, 3.8) is 0 Å². The molecule has 0 unspecified atom stereocenters. The molecule has 0 aliphatic heterocycles. The summed E-state index contributed by atoms with van der Waals surface area (Å²) in [7, 11) is 1.32. The molecule has 0 aromatic carbocycles. The first-order chi connectivity index (χ1) is 7.65. The van der Waals surface area contributed by atoms with Gasteiger partial charge in [-0.2, -0.15) is 0 Å². The molecule has 17 heavy (non-hydrogen) atoms. The molecular formula is C12H21NO4. The monoisotopic (exact) mass is 243 g/mol. The molecule has 0 spiro atoms. The van der Waals surface area contributed by atoms with Gasteiger partial charge < -0.3 is 14.8 Å². The summed E-state index contributed by atoms with van der Waals surface area (Å²) in [5, 5.41) is 2.64. The van der Waals surface area contributed by atoms with Crippen molar-refractivity contribution < 1.29 is 19.1 Å². The van der Waals surface area contributed by atoms with Crippen molar-refractivity contribution in [3.05, 3.63) is 0 Å². The summed E-state index contributed by atoms with van der Waals surface area (Å²) in [5.74, 6) is -0.298. The zero-order valence-corrected chi connectivity index (χ0v) is 11.3. The summed E-state index contributed by atoms with van der Waals surface area (Å²) < 4.78 is 9.89. The topological polar surface area (TPSA) is 64.6 Å². The van der Waals surface area contributed by atoms with Crippen LogP contribution in [0.2, 0.25) is 0 Å². The molecule has 1 amide bonds. The Balaban J connectivity index is 2.71. The highest BCUT2D eigenvalue weighted by Gasteiger charge is 2.67. The number of hydrogen-bond donors (Lipinski definition) is 1. The molecule has 5 nitrogen and oxygen atoms in total. The molecule has 1 N–H and O–H groups in total. The molecule has 1 rings (SSSR count). The minimum atomic E-state index is -0.920. The van der Waals surface area contributed by atoms with Gasteiger partial charge in [0.15, 0.2) is 0 Å². The van der Waals surface area contributed by atoms with Crippen molar-refractivity contribution >= 4 is 12.1 Å². The number of hydrogen-bond acceptors (Lipinski definition) is 4. The zero-order valence-electron chi connectivity index (χ0n) is 11.3. The first kappa shape index (κ1) is 13.8. The minimum Gasteiger partial charge on any atom is -0.467 e. The van der Waals surface area contributed by atoms with Crippen molar-refractivity contribution in [1.82, 2.24) is 5.32 Å². The molecule has 98 valence electrons. The lowest BCUT2D eigenvalue weighted by Gasteiger charge is -2.23. The molecule has 1 fully saturated rings. The van der Waals surface area contributed by atoms with Gasteiger partial charge in [0, 0.05) is 0 Å². The van der Waals surface area contributed by atoms with Gasteiger partial charge in [0.25, 0.3) is 0 Å². The summed E-state index contributed by atoms with van der Waals surface area (Å²) >= 11 is 0. The second kappa shape index (κ2) is 4.20. The van der Waals surface area contributed by atoms with Crippen LogP contribution < -0.4 is 5.32 Å². The van der Waals surface area contributed by atoms with E-state index in [1.165, 1.54) is 7.11 Å². The first-order valence-electron chi connectivity index (χ1n) is 5.74. The van der Waals surface area contributed by atoms with E-state index in [9.17, 15) is 9.59 Å². The lowest BCUT2D eigenvalue weighted by Crippen LogP contribution is -2.48. The van der Waals surface area contributed by atoms with Crippen LogP contribution in [0, 0.1) is 11.8 Å². The van der Waals surface area contributed by atoms with E-state index in [1.54, 1.807) is 20.8 Å². The van der Waals surface area contributed by atoms with Crippen molar-refractivity contribution in [3.8, 4) is 0 Å². The molecular weight excluding hydrogens is 222 g/mol. The van der Waals surface area contributed by atoms with Gasteiger partial charge in [0.05, 0.1) is 7.11 Å². The van der Waals surface area contributed by atoms with Crippen molar-refractivity contribution in [1.29, 1.82) is 0 Å². The Bertz CT molecular complexity index is 324. The Hall–Kier alpha value is -1.26. The van der Waals surface area contributed by atoms with Gasteiger partial charge in [-0.05, 0) is 32.6 Å². The molecule has 2 atom stereocenters. The predicted octanol–water partition coefficient (Wildman–Crippen LogP) is 1.71. The van der Waals surface area contributed by atoms with Crippen molar-refractivity contribution in [2.24, 2.45) is 11.8 Å². The minimum absolute atomic E-state index is 0.0578. The molecule has 0 radical (unpaired) electrons. The molecule has 0 bridgehead atoms. The van der Waals surface area contributed by atoms with Gasteiger partial charge >= 0.3 is 12.1 Å². The Morgan fingerprint density at radius 3 is 1.94 bits per heavy atom. The largest absolute Gasteiger partial charge is 0.467 e. The Kier molecular flexibility index (Phi) is 3.41. The maximum Gasteiger partial charge on any atom is 0.408 e. The van der Waals surface area contributed by atoms with E-state index in [0.29, 0.717) is 0 Å². The van der Waals surface area contributed by atoms with Crippen LogP contribution in [-0.4, -0.2) is 30.3 Å². The molecule has 0 aromatic heterocycles. The highest BCUT2D eigenvalue weighted by atomic mass is 16.6. The molecule has 1 saturated carbocycles. The fourth-order valence-corrected chi connectivity index (χ4v) is 2.07. The number of ether oxygens (including phenoxy) is 2. The normalized spacial score (nSPS) is 31.6. The molecule has 1 aliphatic carbocycles. The van der Waals surface area contributed by atoms with Crippen molar-refractivity contribution in [2.45, 2.75) is 45.8 Å². The lowest BCUT2D eigenvalue weighted by molar-refractivity contribution is -0.145. The van der Waals surface area contributed by atoms with Gasteiger partial charge in [-0.1, -0.05) is 13.8 Å². The van der Waals surface area contributed by atoms with Crippen molar-refractivity contribution in [2.75, 3.05) is 7.11 Å². The number of carbonyl (C=O) groups is 2. The highest BCUT2D eigenvalue weighted by Crippen LogP contribution is 2.50. The van der Waals surface area contributed by atoms with E-state index in [4.69, 9.17) is 9.47 Å². The summed E-state index contributed by atoms with van der Waals surface area (Å²) in [6, 6.07) is 0. The molecule has 1 aliphatic rings. The van der Waals surface area contributed by atoms with E-state index in [1.807, 2.05) is 13.8 Å². The maximum atomic E-state index is 11.7. The smallest absolute Gasteiger partial charge is 0.408 e. The summed E-state index contributed by atoms with van der Waals surface area (Å²) in [4.78, 5) is 23.4. The predicted molar refractivity (Wildman–Crippen MR) is 62.4 cm³/mol. The fourth-order valence-electron chi connectivity index (χ4n) is 2.07. The Morgan fingerprint density at radius 1 is 1.18 bits per heavy atom. The van der Waals surface area contributed by atoms with E-state index < -0.39 is 23.2 Å². The fraction of sp³-hybridized carbons (Fsp3) is 0.833. The van der Waals surface area contributed by atoms with Crippen LogP contribution >= 0.6 is 0 Å². The quantitative estimate of drug-likeness (QED) is 0.750. The molecule has 0 saturated heterocycles. The molecule has 0 aromatic rings. The third kappa shape index (κ3) is 2.53. The van der Waals surface area contributed by atoms with Crippen LogP contribution in [0.5, 0.6) is 0 Å². The van der Waals surface area contributed by atoms with E-state index in [-0.39, 0.29) is 11.8 Å². The summed E-state index contributed by atoms with van der Waals surface area (Å²) in [5.41, 5.74) is -1.50.